The summed E-state index contributed by atoms with van der Waals surface area (Å²) in [6.45, 7) is 2.07. The molecule has 0 bridgehead atoms. The molecule has 5 heteroatoms. The van der Waals surface area contributed by atoms with Gasteiger partial charge in [-0.2, -0.15) is 0 Å². The van der Waals surface area contributed by atoms with Crippen molar-refractivity contribution in [1.82, 2.24) is 0 Å². The first-order chi connectivity index (χ1) is 12.0. The van der Waals surface area contributed by atoms with Gasteiger partial charge in [-0.1, -0.05) is 55.5 Å². The second-order valence-corrected chi connectivity index (χ2v) is 5.83. The summed E-state index contributed by atoms with van der Waals surface area (Å²) in [6.07, 6.45) is 15.6. The second kappa shape index (κ2) is 15.8. The molecule has 0 saturated carbocycles. The summed E-state index contributed by atoms with van der Waals surface area (Å²) in [4.78, 5) is 10.3. The number of allylic oxidation sites excluding steroid dienone is 4. The molecule has 0 rings (SSSR count). The van der Waals surface area contributed by atoms with Crippen molar-refractivity contribution in [2.45, 2.75) is 70.2 Å². The normalized spacial score (nSPS) is 16.3. The maximum atomic E-state index is 10.3. The van der Waals surface area contributed by atoms with Crippen molar-refractivity contribution < 1.29 is 25.2 Å². The molecule has 0 fully saturated rings. The quantitative estimate of drug-likeness (QED) is 0.284. The number of rotatable bonds is 14. The topological polar surface area (TPSA) is 98.0 Å². The molecule has 142 valence electrons. The van der Waals surface area contributed by atoms with E-state index in [4.69, 9.17) is 5.11 Å². The molecular weight excluding hydrogens is 320 g/mol. The highest BCUT2D eigenvalue weighted by molar-refractivity contribution is 5.66. The highest BCUT2D eigenvalue weighted by Gasteiger charge is 2.11. The van der Waals surface area contributed by atoms with Crippen molar-refractivity contribution >= 4 is 5.97 Å². The molecule has 0 radical (unpaired) electrons. The van der Waals surface area contributed by atoms with E-state index in [2.05, 4.69) is 13.0 Å². The van der Waals surface area contributed by atoms with Crippen LogP contribution >= 0.6 is 0 Å². The van der Waals surface area contributed by atoms with Gasteiger partial charge in [-0.05, 0) is 38.5 Å². The molecule has 0 aliphatic heterocycles. The van der Waals surface area contributed by atoms with E-state index in [1.807, 2.05) is 24.3 Å². The van der Waals surface area contributed by atoms with Crippen LogP contribution in [-0.2, 0) is 4.79 Å². The number of aliphatic hydroxyl groups excluding tert-OH is 3. The molecule has 4 N–H and O–H groups in total. The number of carboxylic acid groups (broad SMARTS) is 1. The minimum absolute atomic E-state index is 0.139. The van der Waals surface area contributed by atoms with E-state index in [0.717, 1.165) is 12.8 Å². The molecule has 0 aliphatic carbocycles. The lowest BCUT2D eigenvalue weighted by Gasteiger charge is -2.12. The van der Waals surface area contributed by atoms with E-state index >= 15 is 0 Å². The number of hydrogen-bond donors (Lipinski definition) is 4. The highest BCUT2D eigenvalue weighted by atomic mass is 16.4. The van der Waals surface area contributed by atoms with Crippen molar-refractivity contribution in [3.05, 3.63) is 48.6 Å². The Morgan fingerprint density at radius 2 is 1.60 bits per heavy atom. The third-order valence-electron chi connectivity index (χ3n) is 3.45. The molecule has 25 heavy (non-hydrogen) atoms. The molecule has 0 aromatic heterocycles. The Bertz CT molecular complexity index is 451. The van der Waals surface area contributed by atoms with Crippen LogP contribution in [0, 0.1) is 0 Å². The predicted molar refractivity (Wildman–Crippen MR) is 100 cm³/mol. The lowest BCUT2D eigenvalue weighted by molar-refractivity contribution is -0.137. The zero-order valence-corrected chi connectivity index (χ0v) is 15.0. The van der Waals surface area contributed by atoms with Crippen LogP contribution in [0.2, 0.25) is 0 Å². The molecule has 0 saturated heterocycles. The van der Waals surface area contributed by atoms with Gasteiger partial charge in [-0.15, -0.1) is 0 Å². The van der Waals surface area contributed by atoms with Gasteiger partial charge in [0, 0.05) is 6.42 Å². The molecule has 0 aromatic carbocycles. The minimum atomic E-state index is -1.02. The lowest BCUT2D eigenvalue weighted by atomic mass is 10.1. The summed E-state index contributed by atoms with van der Waals surface area (Å²) in [5, 5.41) is 37.9. The highest BCUT2D eigenvalue weighted by Crippen LogP contribution is 2.05. The number of hydrogen-bond acceptors (Lipinski definition) is 4. The Balaban J connectivity index is 3.97. The van der Waals surface area contributed by atoms with Gasteiger partial charge in [-0.25, -0.2) is 0 Å². The monoisotopic (exact) mass is 352 g/mol. The van der Waals surface area contributed by atoms with Crippen molar-refractivity contribution in [1.29, 1.82) is 0 Å². The minimum Gasteiger partial charge on any atom is -0.481 e. The first-order valence-electron chi connectivity index (χ1n) is 8.86. The van der Waals surface area contributed by atoms with Crippen LogP contribution in [0.25, 0.3) is 0 Å². The van der Waals surface area contributed by atoms with E-state index in [1.54, 1.807) is 6.08 Å². The van der Waals surface area contributed by atoms with E-state index < -0.39 is 24.3 Å². The van der Waals surface area contributed by atoms with Gasteiger partial charge < -0.3 is 20.4 Å². The third kappa shape index (κ3) is 15.6. The number of aliphatic hydroxyl groups is 3. The van der Waals surface area contributed by atoms with Crippen molar-refractivity contribution in [2.75, 3.05) is 0 Å². The summed E-state index contributed by atoms with van der Waals surface area (Å²) in [7, 11) is 0. The molecule has 3 atom stereocenters. The van der Waals surface area contributed by atoms with Gasteiger partial charge in [0.2, 0.25) is 0 Å². The van der Waals surface area contributed by atoms with Gasteiger partial charge in [0.1, 0.15) is 0 Å². The average Bonchev–Trinajstić information content (AvgIpc) is 2.58. The fraction of sp³-hybridized carbons (Fsp3) is 0.550. The number of carboxylic acids is 1. The fourth-order valence-corrected chi connectivity index (χ4v) is 1.99. The Morgan fingerprint density at radius 3 is 2.28 bits per heavy atom. The molecule has 5 nitrogen and oxygen atoms in total. The van der Waals surface area contributed by atoms with E-state index in [0.29, 0.717) is 25.7 Å². The smallest absolute Gasteiger partial charge is 0.303 e. The lowest BCUT2D eigenvalue weighted by Crippen LogP contribution is -2.23. The summed E-state index contributed by atoms with van der Waals surface area (Å²) in [6, 6.07) is 0. The van der Waals surface area contributed by atoms with Gasteiger partial charge in [-0.3, -0.25) is 4.79 Å². The molecule has 0 aromatic rings. The van der Waals surface area contributed by atoms with Crippen LogP contribution in [-0.4, -0.2) is 44.7 Å². The SMILES string of the molecule is CC/C=C/C/C=C/CC(O)C(O)/C=C/C(O)C/C=C/CCCC(=O)O. The maximum absolute atomic E-state index is 10.3. The van der Waals surface area contributed by atoms with Gasteiger partial charge in [0.25, 0.3) is 0 Å². The van der Waals surface area contributed by atoms with Crippen molar-refractivity contribution in [3.8, 4) is 0 Å². The summed E-state index contributed by atoms with van der Waals surface area (Å²) in [5.74, 6) is -0.809. The van der Waals surface area contributed by atoms with Crippen LogP contribution in [0.1, 0.15) is 51.9 Å². The fourth-order valence-electron chi connectivity index (χ4n) is 1.99. The zero-order valence-electron chi connectivity index (χ0n) is 15.0. The molecular formula is C20H32O5. The summed E-state index contributed by atoms with van der Waals surface area (Å²) < 4.78 is 0. The average molecular weight is 352 g/mol. The van der Waals surface area contributed by atoms with Gasteiger partial charge in [0.05, 0.1) is 18.3 Å². The third-order valence-corrected chi connectivity index (χ3v) is 3.45. The van der Waals surface area contributed by atoms with Gasteiger partial charge >= 0.3 is 5.97 Å². The summed E-state index contributed by atoms with van der Waals surface area (Å²) in [5.41, 5.74) is 0. The molecule has 0 spiro atoms. The van der Waals surface area contributed by atoms with Crippen molar-refractivity contribution in [3.63, 3.8) is 0 Å². The standard InChI is InChI=1S/C20H32O5/c1-2-3-4-5-6-10-13-18(22)19(23)16-15-17(21)12-9-7-8-11-14-20(24)25/h3-4,6-7,9-10,15-19,21-23H,2,5,8,11-14H2,1H3,(H,24,25)/b4-3+,9-7+,10-6+,16-15+. The van der Waals surface area contributed by atoms with Gasteiger partial charge in [0.15, 0.2) is 0 Å². The second-order valence-electron chi connectivity index (χ2n) is 5.83. The number of carbonyl (C=O) groups is 1. The molecule has 3 unspecified atom stereocenters. The van der Waals surface area contributed by atoms with Crippen LogP contribution < -0.4 is 0 Å². The first-order valence-corrected chi connectivity index (χ1v) is 8.86. The Labute approximate surface area is 150 Å². The molecule has 0 heterocycles. The predicted octanol–water partition coefficient (Wildman–Crippen LogP) is 3.13. The molecule has 0 amide bonds. The van der Waals surface area contributed by atoms with E-state index in [9.17, 15) is 20.1 Å². The zero-order chi connectivity index (χ0) is 18.9. The van der Waals surface area contributed by atoms with E-state index in [1.165, 1.54) is 12.2 Å². The Kier molecular flexibility index (Phi) is 14.7. The first kappa shape index (κ1) is 23.3. The van der Waals surface area contributed by atoms with Crippen LogP contribution in [0.4, 0.5) is 0 Å². The largest absolute Gasteiger partial charge is 0.481 e. The van der Waals surface area contributed by atoms with Crippen LogP contribution in [0.5, 0.6) is 0 Å². The number of aliphatic carboxylic acids is 1. The van der Waals surface area contributed by atoms with Crippen LogP contribution in [0.15, 0.2) is 48.6 Å². The Hall–Kier alpha value is -1.69. The maximum Gasteiger partial charge on any atom is 0.303 e. The number of unbranched alkanes of at least 4 members (excludes halogenated alkanes) is 1. The molecule has 0 aliphatic rings. The van der Waals surface area contributed by atoms with Crippen molar-refractivity contribution in [2.24, 2.45) is 0 Å². The summed E-state index contributed by atoms with van der Waals surface area (Å²) >= 11 is 0. The van der Waals surface area contributed by atoms with Crippen LogP contribution in [0.3, 0.4) is 0 Å². The Morgan fingerprint density at radius 1 is 0.920 bits per heavy atom. The van der Waals surface area contributed by atoms with E-state index in [-0.39, 0.29) is 6.42 Å².